The molecule has 3 aromatic rings. The van der Waals surface area contributed by atoms with Crippen LogP contribution in [0, 0.1) is 12.3 Å². The summed E-state index contributed by atoms with van der Waals surface area (Å²) in [5.41, 5.74) is 3.94. The molecule has 238 valence electrons. The van der Waals surface area contributed by atoms with Gasteiger partial charge in [-0.1, -0.05) is 87.0 Å². The average molecular weight is 724 g/mol. The first-order chi connectivity index (χ1) is 21.4. The number of nitrogens with one attached hydrogen (secondary N) is 4. The van der Waals surface area contributed by atoms with Crippen LogP contribution < -0.4 is 19.5 Å². The monoisotopic (exact) mass is 723 g/mol. The molecule has 4 atom stereocenters. The molecule has 0 saturated carbocycles. The molecule has 4 N–H and O–H groups in total. The highest BCUT2D eigenvalue weighted by Gasteiger charge is 2.45. The fourth-order valence-electron chi connectivity index (χ4n) is 5.34. The molecule has 0 bridgehead atoms. The number of carbonyl (C=O) groups is 4. The van der Waals surface area contributed by atoms with Crippen LogP contribution in [0.15, 0.2) is 78.9 Å². The summed E-state index contributed by atoms with van der Waals surface area (Å²) in [4.78, 5) is 55.4. The van der Waals surface area contributed by atoms with Crippen molar-refractivity contribution in [1.82, 2.24) is 24.4 Å². The Kier molecular flexibility index (Phi) is 11.4. The van der Waals surface area contributed by atoms with Gasteiger partial charge in [-0.25, -0.2) is 3.53 Å². The number of aryl methyl sites for hydroxylation is 1. The Bertz CT molecular complexity index is 1510. The molecule has 45 heavy (non-hydrogen) atoms. The zero-order valence-electron chi connectivity index (χ0n) is 26.4. The first-order valence-corrected chi connectivity index (χ1v) is 16.2. The minimum atomic E-state index is -0.887. The fraction of sp³-hybridized carbons (Fsp3) is 0.371. The van der Waals surface area contributed by atoms with Gasteiger partial charge in [0.1, 0.15) is 12.1 Å². The largest absolute Gasteiger partial charge is 0.350 e. The topological polar surface area (TPSA) is 120 Å². The van der Waals surface area contributed by atoms with E-state index in [9.17, 15) is 19.2 Å². The Morgan fingerprint density at radius 2 is 1.60 bits per heavy atom. The molecule has 4 rings (SSSR count). The lowest BCUT2D eigenvalue weighted by atomic mass is 9.85. The fourth-order valence-corrected chi connectivity index (χ4v) is 5.62. The molecule has 10 heteroatoms. The van der Waals surface area contributed by atoms with E-state index >= 15 is 0 Å². The summed E-state index contributed by atoms with van der Waals surface area (Å²) in [6.07, 6.45) is 0.246. The van der Waals surface area contributed by atoms with Crippen LogP contribution in [0.5, 0.6) is 0 Å². The van der Waals surface area contributed by atoms with Crippen molar-refractivity contribution in [3.05, 3.63) is 95.6 Å². The summed E-state index contributed by atoms with van der Waals surface area (Å²) in [5.74, 6) is -1.27. The number of benzene rings is 3. The van der Waals surface area contributed by atoms with Gasteiger partial charge in [-0.05, 0) is 60.6 Å². The van der Waals surface area contributed by atoms with Crippen LogP contribution >= 0.6 is 22.9 Å². The van der Waals surface area contributed by atoms with Gasteiger partial charge in [-0.2, -0.15) is 0 Å². The summed E-state index contributed by atoms with van der Waals surface area (Å²) in [6, 6.07) is 22.5. The molecule has 0 radical (unpaired) electrons. The molecule has 1 saturated heterocycles. The summed E-state index contributed by atoms with van der Waals surface area (Å²) >= 11 is 1.90. The lowest BCUT2D eigenvalue weighted by Crippen LogP contribution is -2.59. The highest BCUT2D eigenvalue weighted by atomic mass is 127. The number of nitrogens with zero attached hydrogens (tertiary/aromatic N) is 1. The van der Waals surface area contributed by atoms with Crippen molar-refractivity contribution in [3.63, 3.8) is 0 Å². The normalized spacial score (nSPS) is 17.7. The third-order valence-electron chi connectivity index (χ3n) is 7.99. The van der Waals surface area contributed by atoms with Gasteiger partial charge < -0.3 is 20.9 Å². The van der Waals surface area contributed by atoms with Crippen LogP contribution in [0.25, 0.3) is 11.1 Å². The maximum absolute atomic E-state index is 14.2. The van der Waals surface area contributed by atoms with E-state index in [0.717, 1.165) is 22.3 Å². The molecule has 0 aliphatic carbocycles. The third-order valence-corrected chi connectivity index (χ3v) is 8.93. The van der Waals surface area contributed by atoms with Gasteiger partial charge in [0.2, 0.25) is 17.7 Å². The SMILES string of the molecule is Cc1ccc(C(=O)N[C@H]2C[C@@H](C(=O)NCc3cccc(-c4ccccc4)c3)N(C(=O)[C@@H](NC(=O)[C@H](C)NI)C(C)(C)C)C2)cc1. The Morgan fingerprint density at radius 3 is 2.24 bits per heavy atom. The van der Waals surface area contributed by atoms with Gasteiger partial charge in [-0.3, -0.25) is 19.2 Å². The first-order valence-electron chi connectivity index (χ1n) is 15.1. The van der Waals surface area contributed by atoms with E-state index in [2.05, 4.69) is 19.5 Å². The van der Waals surface area contributed by atoms with Crippen LogP contribution in [0.4, 0.5) is 0 Å². The Labute approximate surface area is 279 Å². The zero-order valence-corrected chi connectivity index (χ0v) is 28.6. The van der Waals surface area contributed by atoms with Crippen molar-refractivity contribution < 1.29 is 19.2 Å². The maximum atomic E-state index is 14.2. The summed E-state index contributed by atoms with van der Waals surface area (Å²) < 4.78 is 2.87. The molecule has 0 aromatic heterocycles. The van der Waals surface area contributed by atoms with Crippen LogP contribution in [0.2, 0.25) is 0 Å². The van der Waals surface area contributed by atoms with E-state index in [0.29, 0.717) is 5.56 Å². The number of amides is 4. The zero-order chi connectivity index (χ0) is 32.7. The second-order valence-electron chi connectivity index (χ2n) is 12.7. The van der Waals surface area contributed by atoms with Crippen molar-refractivity contribution in [3.8, 4) is 11.1 Å². The van der Waals surface area contributed by atoms with E-state index in [1.807, 2.05) is 117 Å². The third kappa shape index (κ3) is 8.91. The number of hydrogen-bond donors (Lipinski definition) is 4. The molecule has 1 fully saturated rings. The predicted molar refractivity (Wildman–Crippen MR) is 184 cm³/mol. The summed E-state index contributed by atoms with van der Waals surface area (Å²) in [5, 5.41) is 8.93. The lowest BCUT2D eigenvalue weighted by Gasteiger charge is -2.35. The number of likely N-dealkylation sites (tertiary alicyclic amines) is 1. The molecule has 0 spiro atoms. The maximum Gasteiger partial charge on any atom is 0.251 e. The molecule has 1 aliphatic rings. The van der Waals surface area contributed by atoms with Crippen molar-refractivity contribution in [1.29, 1.82) is 0 Å². The Hall–Kier alpha value is -3.77. The van der Waals surface area contributed by atoms with Crippen LogP contribution in [-0.2, 0) is 20.9 Å². The standard InChI is InChI=1S/C35H42IN5O4/c1-22-14-16-26(17-15-22)32(43)38-28-19-29(41(21-28)34(45)30(35(3,4)5)39-31(42)23(2)40-36)33(44)37-20-24-10-9-13-27(18-24)25-11-7-6-8-12-25/h6-18,23,28-30,40H,19-21H2,1-5H3,(H,37,44)(H,38,43)(H,39,42)/t23-,28-,29-,30+/m0/s1. The Morgan fingerprint density at radius 1 is 0.933 bits per heavy atom. The molecule has 3 aromatic carbocycles. The highest BCUT2D eigenvalue weighted by Crippen LogP contribution is 2.27. The van der Waals surface area contributed by atoms with Gasteiger partial charge in [0.05, 0.1) is 6.04 Å². The second kappa shape index (κ2) is 15.0. The van der Waals surface area contributed by atoms with Crippen molar-refractivity contribution in [2.24, 2.45) is 5.41 Å². The van der Waals surface area contributed by atoms with Gasteiger partial charge in [0.15, 0.2) is 0 Å². The summed E-state index contributed by atoms with van der Waals surface area (Å²) in [6.45, 7) is 9.70. The molecule has 1 heterocycles. The predicted octanol–water partition coefficient (Wildman–Crippen LogP) is 4.54. The van der Waals surface area contributed by atoms with E-state index in [-0.39, 0.29) is 43.1 Å². The minimum absolute atomic E-state index is 0.139. The lowest BCUT2D eigenvalue weighted by molar-refractivity contribution is -0.144. The Balaban J connectivity index is 1.55. The van der Waals surface area contributed by atoms with Crippen molar-refractivity contribution >= 4 is 46.5 Å². The summed E-state index contributed by atoms with van der Waals surface area (Å²) in [7, 11) is 0. The molecular weight excluding hydrogens is 681 g/mol. The first kappa shape index (κ1) is 34.1. The minimum Gasteiger partial charge on any atom is -0.350 e. The second-order valence-corrected chi connectivity index (χ2v) is 13.3. The molecule has 9 nitrogen and oxygen atoms in total. The number of rotatable bonds is 10. The quantitative estimate of drug-likeness (QED) is 0.181. The number of halogens is 1. The van der Waals surface area contributed by atoms with Crippen molar-refractivity contribution in [2.45, 2.75) is 71.8 Å². The van der Waals surface area contributed by atoms with E-state index < -0.39 is 29.6 Å². The van der Waals surface area contributed by atoms with Gasteiger partial charge in [0.25, 0.3) is 5.91 Å². The molecule has 1 aliphatic heterocycles. The molecule has 4 amide bonds. The van der Waals surface area contributed by atoms with E-state index in [1.165, 1.54) is 4.90 Å². The molecular formula is C35H42IN5O4. The van der Waals surface area contributed by atoms with Crippen LogP contribution in [-0.4, -0.2) is 59.2 Å². The van der Waals surface area contributed by atoms with E-state index in [4.69, 9.17) is 0 Å². The van der Waals surface area contributed by atoms with Crippen LogP contribution in [0.1, 0.15) is 55.6 Å². The smallest absolute Gasteiger partial charge is 0.251 e. The highest BCUT2D eigenvalue weighted by molar-refractivity contribution is 14.1. The number of carbonyl (C=O) groups excluding carboxylic acids is 4. The van der Waals surface area contributed by atoms with Crippen molar-refractivity contribution in [2.75, 3.05) is 6.54 Å². The molecule has 0 unspecified atom stereocenters. The number of hydrogen-bond acceptors (Lipinski definition) is 5. The average Bonchev–Trinajstić information content (AvgIpc) is 3.45. The van der Waals surface area contributed by atoms with Gasteiger partial charge in [0, 0.05) is 47.6 Å². The van der Waals surface area contributed by atoms with Gasteiger partial charge >= 0.3 is 0 Å². The van der Waals surface area contributed by atoms with E-state index in [1.54, 1.807) is 19.1 Å². The van der Waals surface area contributed by atoms with Gasteiger partial charge in [-0.15, -0.1) is 0 Å². The van der Waals surface area contributed by atoms with Crippen LogP contribution in [0.3, 0.4) is 0 Å².